The normalized spacial score (nSPS) is 11.1. The number of nitrogens with zero attached hydrogens (tertiary/aromatic N) is 2. The molecule has 1 aliphatic carbocycles. The van der Waals surface area contributed by atoms with E-state index >= 15 is 0 Å². The molecule has 0 atom stereocenters. The summed E-state index contributed by atoms with van der Waals surface area (Å²) in [4.78, 5) is 4.15. The Kier molecular flexibility index (Phi) is 4.11. The molecule has 0 saturated heterocycles. The number of rotatable bonds is 3. The van der Waals surface area contributed by atoms with Gasteiger partial charge in [-0.2, -0.15) is 0 Å². The highest BCUT2D eigenvalue weighted by atomic mass is 16.3. The second-order valence-electron chi connectivity index (χ2n) is 7.20. The zero-order valence-corrected chi connectivity index (χ0v) is 16.1. The Morgan fingerprint density at radius 3 is 2.07 bits per heavy atom. The van der Waals surface area contributed by atoms with Crippen molar-refractivity contribution in [2.45, 2.75) is 0 Å². The molecule has 0 radical (unpaired) electrons. The van der Waals surface area contributed by atoms with Crippen molar-refractivity contribution < 1.29 is 4.42 Å². The lowest BCUT2D eigenvalue weighted by Crippen LogP contribution is -2.08. The number of benzene rings is 3. The molecule has 27 heavy (non-hydrogen) atoms. The number of hydrogen-bond donors (Lipinski definition) is 1. The maximum absolute atomic E-state index is 7.97. The van der Waals surface area contributed by atoms with Crippen molar-refractivity contribution >= 4 is 22.3 Å². The second-order valence-corrected chi connectivity index (χ2v) is 7.20. The Labute approximate surface area is 159 Å². The van der Waals surface area contributed by atoms with Gasteiger partial charge in [0.25, 0.3) is 0 Å². The summed E-state index contributed by atoms with van der Waals surface area (Å²) in [6.07, 6.45) is 0. The first kappa shape index (κ1) is 17.2. The highest BCUT2D eigenvalue weighted by Crippen LogP contribution is 2.40. The Bertz CT molecular complexity index is 1140. The van der Waals surface area contributed by atoms with E-state index in [0.29, 0.717) is 5.36 Å². The highest BCUT2D eigenvalue weighted by Gasteiger charge is 2.17. The van der Waals surface area contributed by atoms with Crippen molar-refractivity contribution in [3.8, 4) is 22.5 Å². The van der Waals surface area contributed by atoms with Crippen molar-refractivity contribution in [3.05, 3.63) is 66.0 Å². The van der Waals surface area contributed by atoms with Gasteiger partial charge in [0.05, 0.1) is 5.36 Å². The largest absolute Gasteiger partial charge is 0.456 e. The summed E-state index contributed by atoms with van der Waals surface area (Å²) >= 11 is 0. The standard InChI is InChI=1S/C23H23N3O/c1-25(2)17-8-5-15(6-9-17)23-19-11-7-16(24)13-21(19)27-22-14-18(26(3)4)10-12-20(22)23/h5-14,24H,1-4H3. The first-order valence-electron chi connectivity index (χ1n) is 8.94. The first-order valence-corrected chi connectivity index (χ1v) is 8.94. The Morgan fingerprint density at radius 2 is 1.41 bits per heavy atom. The molecule has 4 rings (SSSR count). The molecule has 0 spiro atoms. The number of anilines is 2. The van der Waals surface area contributed by atoms with Crippen molar-refractivity contribution in [2.75, 3.05) is 38.0 Å². The third-order valence-electron chi connectivity index (χ3n) is 4.89. The first-order chi connectivity index (χ1) is 12.9. The predicted molar refractivity (Wildman–Crippen MR) is 113 cm³/mol. The molecule has 4 heteroatoms. The van der Waals surface area contributed by atoms with E-state index in [1.165, 1.54) is 0 Å². The van der Waals surface area contributed by atoms with E-state index in [4.69, 9.17) is 9.83 Å². The molecule has 2 aromatic rings. The van der Waals surface area contributed by atoms with Crippen LogP contribution in [0.3, 0.4) is 0 Å². The van der Waals surface area contributed by atoms with Gasteiger partial charge in [-0.1, -0.05) is 12.1 Å². The van der Waals surface area contributed by atoms with Gasteiger partial charge in [-0.05, 0) is 42.0 Å². The van der Waals surface area contributed by atoms with Gasteiger partial charge in [0.1, 0.15) is 11.3 Å². The van der Waals surface area contributed by atoms with Crippen LogP contribution in [0, 0.1) is 5.41 Å². The van der Waals surface area contributed by atoms with E-state index in [1.54, 1.807) is 6.07 Å². The summed E-state index contributed by atoms with van der Waals surface area (Å²) in [5.74, 6) is 0.734. The van der Waals surface area contributed by atoms with Gasteiger partial charge in [0.2, 0.25) is 0 Å². The van der Waals surface area contributed by atoms with Crippen LogP contribution < -0.4 is 15.2 Å². The minimum atomic E-state index is 0.447. The van der Waals surface area contributed by atoms with Crippen LogP contribution in [-0.2, 0) is 0 Å². The fourth-order valence-electron chi connectivity index (χ4n) is 3.39. The van der Waals surface area contributed by atoms with Crippen molar-refractivity contribution in [1.82, 2.24) is 0 Å². The second kappa shape index (κ2) is 6.47. The van der Waals surface area contributed by atoms with E-state index in [9.17, 15) is 0 Å². The molecule has 0 saturated carbocycles. The van der Waals surface area contributed by atoms with E-state index in [1.807, 2.05) is 40.3 Å². The molecule has 1 aliphatic heterocycles. The number of fused-ring (bicyclic) bond motifs is 2. The smallest absolute Gasteiger partial charge is 0.137 e. The van der Waals surface area contributed by atoms with E-state index in [0.717, 1.165) is 44.8 Å². The maximum Gasteiger partial charge on any atom is 0.137 e. The van der Waals surface area contributed by atoms with Gasteiger partial charge in [0, 0.05) is 68.2 Å². The Morgan fingerprint density at radius 1 is 0.741 bits per heavy atom. The average Bonchev–Trinajstić information content (AvgIpc) is 2.65. The monoisotopic (exact) mass is 357 g/mol. The van der Waals surface area contributed by atoms with Crippen LogP contribution in [0.15, 0.2) is 65.1 Å². The van der Waals surface area contributed by atoms with E-state index < -0.39 is 0 Å². The van der Waals surface area contributed by atoms with Crippen LogP contribution in [0.2, 0.25) is 0 Å². The van der Waals surface area contributed by atoms with Crippen molar-refractivity contribution in [3.63, 3.8) is 0 Å². The van der Waals surface area contributed by atoms with Crippen LogP contribution in [-0.4, -0.2) is 28.2 Å². The molecule has 4 nitrogen and oxygen atoms in total. The Balaban J connectivity index is 2.05. The summed E-state index contributed by atoms with van der Waals surface area (Å²) in [6.45, 7) is 0. The molecule has 0 bridgehead atoms. The van der Waals surface area contributed by atoms with Crippen LogP contribution >= 0.6 is 0 Å². The predicted octanol–water partition coefficient (Wildman–Crippen LogP) is 4.82. The lowest BCUT2D eigenvalue weighted by atomic mass is 9.93. The topological polar surface area (TPSA) is 43.5 Å². The van der Waals surface area contributed by atoms with Crippen LogP contribution in [0.4, 0.5) is 11.4 Å². The van der Waals surface area contributed by atoms with Crippen LogP contribution in [0.1, 0.15) is 0 Å². The summed E-state index contributed by atoms with van der Waals surface area (Å²) < 4.78 is 6.19. The SMILES string of the molecule is CN(C)c1ccc(-c2c3ccc(=N)cc-3oc3cc(N(C)C)ccc23)cc1. The molecule has 0 aromatic heterocycles. The molecule has 0 unspecified atom stereocenters. The van der Waals surface area contributed by atoms with Crippen molar-refractivity contribution in [2.24, 2.45) is 0 Å². The van der Waals surface area contributed by atoms with E-state index in [2.05, 4.69) is 52.3 Å². The fraction of sp³-hybridized carbons (Fsp3) is 0.174. The molecule has 1 N–H and O–H groups in total. The van der Waals surface area contributed by atoms with Gasteiger partial charge in [-0.15, -0.1) is 0 Å². The van der Waals surface area contributed by atoms with Gasteiger partial charge < -0.3 is 19.6 Å². The highest BCUT2D eigenvalue weighted by molar-refractivity contribution is 6.02. The average molecular weight is 357 g/mol. The van der Waals surface area contributed by atoms with Crippen LogP contribution in [0.5, 0.6) is 0 Å². The van der Waals surface area contributed by atoms with Gasteiger partial charge in [-0.3, -0.25) is 0 Å². The summed E-state index contributed by atoms with van der Waals surface area (Å²) in [6, 6.07) is 20.4. The summed E-state index contributed by atoms with van der Waals surface area (Å²) in [7, 11) is 8.12. The quantitative estimate of drug-likeness (QED) is 0.535. The lowest BCUT2D eigenvalue weighted by Gasteiger charge is -2.18. The molecule has 2 aromatic carbocycles. The third kappa shape index (κ3) is 3.04. The molecule has 1 heterocycles. The van der Waals surface area contributed by atoms with Gasteiger partial charge in [0.15, 0.2) is 0 Å². The summed E-state index contributed by atoms with van der Waals surface area (Å²) in [5.41, 5.74) is 6.38. The van der Waals surface area contributed by atoms with Gasteiger partial charge >= 0.3 is 0 Å². The number of hydrogen-bond acceptors (Lipinski definition) is 4. The zero-order valence-electron chi connectivity index (χ0n) is 16.1. The van der Waals surface area contributed by atoms with Gasteiger partial charge in [-0.25, -0.2) is 0 Å². The Hall–Kier alpha value is -3.27. The molecule has 2 aliphatic rings. The lowest BCUT2D eigenvalue weighted by molar-refractivity contribution is 0.619. The minimum absolute atomic E-state index is 0.447. The fourth-order valence-corrected chi connectivity index (χ4v) is 3.39. The number of nitrogens with one attached hydrogen (secondary N) is 1. The van der Waals surface area contributed by atoms with Crippen LogP contribution in [0.25, 0.3) is 33.4 Å². The molecular formula is C23H23N3O. The minimum Gasteiger partial charge on any atom is -0.456 e. The molecule has 0 amide bonds. The molecule has 136 valence electrons. The maximum atomic E-state index is 7.97. The zero-order chi connectivity index (χ0) is 19.1. The van der Waals surface area contributed by atoms with E-state index in [-0.39, 0.29) is 0 Å². The van der Waals surface area contributed by atoms with Crippen molar-refractivity contribution in [1.29, 1.82) is 5.41 Å². The third-order valence-corrected chi connectivity index (χ3v) is 4.89. The molecular weight excluding hydrogens is 334 g/mol. The molecule has 0 fully saturated rings. The summed E-state index contributed by atoms with van der Waals surface area (Å²) in [5, 5.41) is 9.49.